The van der Waals surface area contributed by atoms with E-state index in [0.29, 0.717) is 6.04 Å². The van der Waals surface area contributed by atoms with Crippen molar-refractivity contribution in [2.45, 2.75) is 32.9 Å². The number of hydrogen-bond acceptors (Lipinski definition) is 3. The van der Waals surface area contributed by atoms with Gasteiger partial charge in [-0.1, -0.05) is 26.0 Å². The van der Waals surface area contributed by atoms with Gasteiger partial charge in [0.2, 0.25) is 0 Å². The van der Waals surface area contributed by atoms with Crippen LogP contribution in [0.2, 0.25) is 0 Å². The minimum Gasteiger partial charge on any atom is -0.497 e. The Labute approximate surface area is 111 Å². The molecule has 1 aromatic rings. The molecule has 1 atom stereocenters. The number of ether oxygens (including phenoxy) is 1. The van der Waals surface area contributed by atoms with E-state index in [9.17, 15) is 0 Å². The van der Waals surface area contributed by atoms with Crippen molar-refractivity contribution in [2.75, 3.05) is 27.2 Å². The third kappa shape index (κ3) is 5.07. The van der Waals surface area contributed by atoms with Crippen LogP contribution in [0, 0.1) is 0 Å². The number of nitrogens with one attached hydrogen (secondary N) is 1. The number of hydrogen-bond donors (Lipinski definition) is 1. The van der Waals surface area contributed by atoms with E-state index in [1.807, 2.05) is 12.1 Å². The molecule has 1 aromatic carbocycles. The Morgan fingerprint density at radius 2 is 1.89 bits per heavy atom. The molecule has 3 nitrogen and oxygen atoms in total. The van der Waals surface area contributed by atoms with Crippen LogP contribution in [0.25, 0.3) is 0 Å². The summed E-state index contributed by atoms with van der Waals surface area (Å²) in [5.74, 6) is 0.917. The maximum atomic E-state index is 5.16. The first-order chi connectivity index (χ1) is 8.69. The predicted octanol–water partition coefficient (Wildman–Crippen LogP) is 2.52. The molecule has 0 bridgehead atoms. The van der Waals surface area contributed by atoms with Crippen LogP contribution < -0.4 is 10.1 Å². The van der Waals surface area contributed by atoms with Crippen LogP contribution in [-0.4, -0.2) is 38.2 Å². The van der Waals surface area contributed by atoms with Gasteiger partial charge >= 0.3 is 0 Å². The Balaban J connectivity index is 2.44. The molecule has 1 rings (SSSR count). The molecule has 0 fully saturated rings. The van der Waals surface area contributed by atoms with Crippen LogP contribution in [-0.2, 0) is 6.54 Å². The largest absolute Gasteiger partial charge is 0.497 e. The number of rotatable bonds is 8. The van der Waals surface area contributed by atoms with Gasteiger partial charge in [-0.15, -0.1) is 0 Å². The molecule has 0 saturated heterocycles. The lowest BCUT2D eigenvalue weighted by molar-refractivity contribution is 0.279. The normalized spacial score (nSPS) is 12.7. The quantitative estimate of drug-likeness (QED) is 0.767. The van der Waals surface area contributed by atoms with E-state index in [-0.39, 0.29) is 0 Å². The van der Waals surface area contributed by atoms with Crippen molar-refractivity contribution in [2.24, 2.45) is 0 Å². The first-order valence-electron chi connectivity index (χ1n) is 6.74. The van der Waals surface area contributed by atoms with Gasteiger partial charge in [0.15, 0.2) is 0 Å². The summed E-state index contributed by atoms with van der Waals surface area (Å²) in [4.78, 5) is 2.36. The molecular weight excluding hydrogens is 224 g/mol. The highest BCUT2D eigenvalue weighted by molar-refractivity contribution is 5.27. The summed E-state index contributed by atoms with van der Waals surface area (Å²) in [7, 11) is 3.87. The summed E-state index contributed by atoms with van der Waals surface area (Å²) in [5.41, 5.74) is 1.32. The average Bonchev–Trinajstić information content (AvgIpc) is 2.39. The van der Waals surface area contributed by atoms with E-state index in [1.165, 1.54) is 12.0 Å². The zero-order chi connectivity index (χ0) is 13.4. The minimum absolute atomic E-state index is 0.582. The lowest BCUT2D eigenvalue weighted by Crippen LogP contribution is -2.38. The van der Waals surface area contributed by atoms with Crippen molar-refractivity contribution < 1.29 is 4.74 Å². The Morgan fingerprint density at radius 1 is 1.22 bits per heavy atom. The molecule has 0 amide bonds. The van der Waals surface area contributed by atoms with Gasteiger partial charge in [-0.3, -0.25) is 0 Å². The van der Waals surface area contributed by atoms with Crippen molar-refractivity contribution >= 4 is 0 Å². The number of benzene rings is 1. The van der Waals surface area contributed by atoms with Gasteiger partial charge in [0.05, 0.1) is 7.11 Å². The summed E-state index contributed by atoms with van der Waals surface area (Å²) in [6, 6.07) is 8.88. The lowest BCUT2D eigenvalue weighted by Gasteiger charge is -2.23. The number of likely N-dealkylation sites (N-methyl/N-ethyl adjacent to an activating group) is 2. The van der Waals surface area contributed by atoms with Gasteiger partial charge in [-0.25, -0.2) is 0 Å². The van der Waals surface area contributed by atoms with Crippen molar-refractivity contribution in [3.8, 4) is 5.75 Å². The van der Waals surface area contributed by atoms with Gasteiger partial charge in [0.1, 0.15) is 5.75 Å². The van der Waals surface area contributed by atoms with Crippen LogP contribution in [0.5, 0.6) is 5.75 Å². The maximum absolute atomic E-state index is 5.16. The molecule has 0 radical (unpaired) electrons. The molecule has 102 valence electrons. The lowest BCUT2D eigenvalue weighted by atomic mass is 10.1. The topological polar surface area (TPSA) is 24.5 Å². The van der Waals surface area contributed by atoms with Gasteiger partial charge in [-0.05, 0) is 37.7 Å². The van der Waals surface area contributed by atoms with E-state index in [4.69, 9.17) is 4.74 Å². The number of nitrogens with zero attached hydrogens (tertiary/aromatic N) is 1. The highest BCUT2D eigenvalue weighted by atomic mass is 16.5. The zero-order valence-electron chi connectivity index (χ0n) is 12.1. The molecule has 0 saturated carbocycles. The molecule has 0 aromatic heterocycles. The van der Waals surface area contributed by atoms with Gasteiger partial charge in [0.25, 0.3) is 0 Å². The summed E-state index contributed by atoms with van der Waals surface area (Å²) in [6.07, 6.45) is 1.17. The second-order valence-corrected chi connectivity index (χ2v) is 4.71. The van der Waals surface area contributed by atoms with E-state index in [0.717, 1.165) is 25.4 Å². The fourth-order valence-electron chi connectivity index (χ4n) is 2.11. The average molecular weight is 250 g/mol. The van der Waals surface area contributed by atoms with Crippen LogP contribution in [0.1, 0.15) is 25.8 Å². The third-order valence-corrected chi connectivity index (χ3v) is 3.13. The highest BCUT2D eigenvalue weighted by Crippen LogP contribution is 2.12. The minimum atomic E-state index is 0.582. The third-order valence-electron chi connectivity index (χ3n) is 3.13. The van der Waals surface area contributed by atoms with E-state index < -0.39 is 0 Å². The molecule has 3 heteroatoms. The molecule has 18 heavy (non-hydrogen) atoms. The summed E-state index contributed by atoms with van der Waals surface area (Å²) >= 11 is 0. The standard InChI is InChI=1S/C15H26N2O/c1-5-14(16-6-2)12-17(3)11-13-7-9-15(18-4)10-8-13/h7-10,14,16H,5-6,11-12H2,1-4H3. The molecule has 0 aliphatic carbocycles. The Bertz CT molecular complexity index is 324. The van der Waals surface area contributed by atoms with E-state index in [2.05, 4.69) is 43.2 Å². The molecule has 1 N–H and O–H groups in total. The summed E-state index contributed by atoms with van der Waals surface area (Å²) in [6.45, 7) is 7.48. The Morgan fingerprint density at radius 3 is 2.39 bits per heavy atom. The summed E-state index contributed by atoms with van der Waals surface area (Å²) < 4.78 is 5.16. The van der Waals surface area contributed by atoms with Crippen LogP contribution in [0.4, 0.5) is 0 Å². The maximum Gasteiger partial charge on any atom is 0.118 e. The monoisotopic (exact) mass is 250 g/mol. The van der Waals surface area contributed by atoms with Crippen LogP contribution in [0.3, 0.4) is 0 Å². The Hall–Kier alpha value is -1.06. The van der Waals surface area contributed by atoms with Crippen molar-refractivity contribution in [3.05, 3.63) is 29.8 Å². The SMILES string of the molecule is CCNC(CC)CN(C)Cc1ccc(OC)cc1. The van der Waals surface area contributed by atoms with Crippen molar-refractivity contribution in [1.29, 1.82) is 0 Å². The first kappa shape index (κ1) is 15.0. The molecule has 0 aliphatic heterocycles. The fraction of sp³-hybridized carbons (Fsp3) is 0.600. The van der Waals surface area contributed by atoms with Gasteiger partial charge < -0.3 is 15.0 Å². The molecule has 0 aliphatic rings. The molecular formula is C15H26N2O. The second-order valence-electron chi connectivity index (χ2n) is 4.71. The highest BCUT2D eigenvalue weighted by Gasteiger charge is 2.08. The second kappa shape index (κ2) is 8.11. The smallest absolute Gasteiger partial charge is 0.118 e. The zero-order valence-corrected chi connectivity index (χ0v) is 12.1. The van der Waals surface area contributed by atoms with Crippen molar-refractivity contribution in [1.82, 2.24) is 10.2 Å². The predicted molar refractivity (Wildman–Crippen MR) is 77.1 cm³/mol. The van der Waals surface area contributed by atoms with Crippen molar-refractivity contribution in [3.63, 3.8) is 0 Å². The van der Waals surface area contributed by atoms with E-state index >= 15 is 0 Å². The van der Waals surface area contributed by atoms with Crippen LogP contribution >= 0.6 is 0 Å². The number of methoxy groups -OCH3 is 1. The molecule has 1 unspecified atom stereocenters. The van der Waals surface area contributed by atoms with Crippen LogP contribution in [0.15, 0.2) is 24.3 Å². The fourth-order valence-corrected chi connectivity index (χ4v) is 2.11. The molecule has 0 heterocycles. The Kier molecular flexibility index (Phi) is 6.76. The van der Waals surface area contributed by atoms with Gasteiger partial charge in [0, 0.05) is 19.1 Å². The van der Waals surface area contributed by atoms with Gasteiger partial charge in [-0.2, -0.15) is 0 Å². The first-order valence-corrected chi connectivity index (χ1v) is 6.74. The summed E-state index contributed by atoms with van der Waals surface area (Å²) in [5, 5.41) is 3.51. The molecule has 0 spiro atoms. The van der Waals surface area contributed by atoms with E-state index in [1.54, 1.807) is 7.11 Å².